The Labute approximate surface area is 207 Å². The molecule has 0 radical (unpaired) electrons. The second kappa shape index (κ2) is 8.90. The van der Waals surface area contributed by atoms with Gasteiger partial charge in [0.2, 0.25) is 5.91 Å². The molecule has 3 aromatic rings. The lowest BCUT2D eigenvalue weighted by Gasteiger charge is -2.35. The topological polar surface area (TPSA) is 92.8 Å². The largest absolute Gasteiger partial charge is 0.457 e. The number of hydrogen-bond donors (Lipinski definition) is 2. The van der Waals surface area contributed by atoms with E-state index in [4.69, 9.17) is 9.47 Å². The molecule has 3 amide bonds. The Bertz CT molecular complexity index is 1300. The van der Waals surface area contributed by atoms with Crippen molar-refractivity contribution in [3.05, 3.63) is 71.9 Å². The highest BCUT2D eigenvalue weighted by molar-refractivity contribution is 8.01. The van der Waals surface area contributed by atoms with Crippen molar-refractivity contribution < 1.29 is 19.1 Å². The molecule has 8 nitrogen and oxygen atoms in total. The number of aryl methyl sites for hydroxylation is 1. The van der Waals surface area contributed by atoms with Crippen molar-refractivity contribution in [3.8, 4) is 11.5 Å². The summed E-state index contributed by atoms with van der Waals surface area (Å²) < 4.78 is 11.3. The Balaban J connectivity index is 1.29. The predicted octanol–water partition coefficient (Wildman–Crippen LogP) is 4.46. The summed E-state index contributed by atoms with van der Waals surface area (Å²) in [6.45, 7) is 3.12. The number of benzene rings is 2. The first-order chi connectivity index (χ1) is 17.1. The number of anilines is 2. The number of aromatic nitrogens is 1. The van der Waals surface area contributed by atoms with Crippen LogP contribution in [0.3, 0.4) is 0 Å². The molecule has 178 valence electrons. The molecule has 0 saturated carbocycles. The van der Waals surface area contributed by atoms with Gasteiger partial charge in [-0.25, -0.2) is 9.78 Å². The zero-order valence-electron chi connectivity index (χ0n) is 19.1. The van der Waals surface area contributed by atoms with Gasteiger partial charge in [0.05, 0.1) is 30.1 Å². The van der Waals surface area contributed by atoms with Gasteiger partial charge in [0.1, 0.15) is 21.8 Å². The van der Waals surface area contributed by atoms with E-state index >= 15 is 0 Å². The van der Waals surface area contributed by atoms with Gasteiger partial charge in [0.15, 0.2) is 0 Å². The third-order valence-electron chi connectivity index (χ3n) is 6.43. The van der Waals surface area contributed by atoms with Crippen LogP contribution in [0.15, 0.2) is 65.8 Å². The lowest BCUT2D eigenvalue weighted by molar-refractivity contribution is -0.121. The summed E-state index contributed by atoms with van der Waals surface area (Å²) in [5.74, 6) is 1.33. The highest BCUT2D eigenvalue weighted by Gasteiger charge is 2.47. The van der Waals surface area contributed by atoms with Crippen LogP contribution in [0.4, 0.5) is 16.2 Å². The Hall–Kier alpha value is -3.56. The molecule has 6 rings (SSSR count). The van der Waals surface area contributed by atoms with Gasteiger partial charge < -0.3 is 20.1 Å². The van der Waals surface area contributed by atoms with Crippen molar-refractivity contribution in [1.82, 2.24) is 15.6 Å². The molecule has 0 bridgehead atoms. The molecule has 2 aromatic carbocycles. The summed E-state index contributed by atoms with van der Waals surface area (Å²) in [6.07, 6.45) is 2.49. The van der Waals surface area contributed by atoms with Crippen LogP contribution in [-0.2, 0) is 9.53 Å². The van der Waals surface area contributed by atoms with E-state index in [-0.39, 0.29) is 18.0 Å². The molecule has 35 heavy (non-hydrogen) atoms. The van der Waals surface area contributed by atoms with Gasteiger partial charge in [-0.1, -0.05) is 30.0 Å². The van der Waals surface area contributed by atoms with Crippen molar-refractivity contribution in [2.45, 2.75) is 35.7 Å². The molecule has 4 heterocycles. The fourth-order valence-corrected chi connectivity index (χ4v) is 6.00. The van der Waals surface area contributed by atoms with E-state index < -0.39 is 11.3 Å². The smallest absolute Gasteiger partial charge is 0.327 e. The number of nitrogens with one attached hydrogen (secondary N) is 2. The summed E-state index contributed by atoms with van der Waals surface area (Å²) in [5.41, 5.74) is 3.26. The van der Waals surface area contributed by atoms with Crippen molar-refractivity contribution in [2.75, 3.05) is 18.1 Å². The molecule has 9 heteroatoms. The molecule has 3 aliphatic heterocycles. The van der Waals surface area contributed by atoms with E-state index in [1.165, 1.54) is 11.8 Å². The quantitative estimate of drug-likeness (QED) is 0.551. The van der Waals surface area contributed by atoms with Gasteiger partial charge >= 0.3 is 6.03 Å². The summed E-state index contributed by atoms with van der Waals surface area (Å²) in [6, 6.07) is 16.3. The number of para-hydroxylation sites is 1. The number of ether oxygens (including phenoxy) is 2. The minimum atomic E-state index is -0.479. The SMILES string of the molecule is Cc1cc(Oc2ccccc2)ccc1N1C(=O)NC2c3c1ccnc3S[C@H]2C(=O)NC1CCOC1. The number of rotatable bonds is 5. The normalized spacial score (nSPS) is 22.5. The minimum absolute atomic E-state index is 0.00861. The van der Waals surface area contributed by atoms with Gasteiger partial charge in [-0.2, -0.15) is 0 Å². The second-order valence-electron chi connectivity index (χ2n) is 8.78. The standard InChI is InChI=1S/C26H24N4O4S/c1-15-13-18(34-17-5-3-2-4-6-17)7-8-19(15)30-20-9-11-27-25-21(20)22(29-26(30)32)23(35-25)24(31)28-16-10-12-33-14-16/h2-9,11,13,16,22-23H,10,12,14H2,1H3,(H,28,31)(H,29,32)/t16?,22?,23-/m1/s1. The van der Waals surface area contributed by atoms with Crippen molar-refractivity contribution in [3.63, 3.8) is 0 Å². The summed E-state index contributed by atoms with van der Waals surface area (Å²) in [4.78, 5) is 32.6. The van der Waals surface area contributed by atoms with Gasteiger partial charge in [-0.05, 0) is 55.3 Å². The van der Waals surface area contributed by atoms with E-state index in [0.717, 1.165) is 39.7 Å². The maximum absolute atomic E-state index is 13.4. The van der Waals surface area contributed by atoms with Crippen molar-refractivity contribution in [1.29, 1.82) is 0 Å². The third kappa shape index (κ3) is 4.00. The first-order valence-electron chi connectivity index (χ1n) is 11.6. The number of amides is 3. The summed E-state index contributed by atoms with van der Waals surface area (Å²) in [5, 5.41) is 6.42. The zero-order valence-corrected chi connectivity index (χ0v) is 19.9. The molecule has 3 aliphatic rings. The van der Waals surface area contributed by atoms with Gasteiger partial charge in [-0.3, -0.25) is 9.69 Å². The van der Waals surface area contributed by atoms with Crippen LogP contribution in [-0.4, -0.2) is 41.4 Å². The van der Waals surface area contributed by atoms with Crippen molar-refractivity contribution >= 4 is 35.1 Å². The van der Waals surface area contributed by atoms with E-state index in [9.17, 15) is 9.59 Å². The van der Waals surface area contributed by atoms with E-state index in [1.54, 1.807) is 11.1 Å². The number of carbonyl (C=O) groups excluding carboxylic acids is 2. The summed E-state index contributed by atoms with van der Waals surface area (Å²) >= 11 is 1.40. The lowest BCUT2D eigenvalue weighted by atomic mass is 9.99. The average Bonchev–Trinajstić information content (AvgIpc) is 3.50. The van der Waals surface area contributed by atoms with Crippen LogP contribution in [0.2, 0.25) is 0 Å². The zero-order chi connectivity index (χ0) is 23.9. The second-order valence-corrected chi connectivity index (χ2v) is 9.91. The monoisotopic (exact) mass is 488 g/mol. The highest BCUT2D eigenvalue weighted by Crippen LogP contribution is 2.51. The first kappa shape index (κ1) is 21.9. The van der Waals surface area contributed by atoms with Crippen LogP contribution in [0, 0.1) is 6.92 Å². The van der Waals surface area contributed by atoms with Crippen LogP contribution < -0.4 is 20.3 Å². The Morgan fingerprint density at radius 2 is 2.03 bits per heavy atom. The Kier molecular flexibility index (Phi) is 5.58. The Morgan fingerprint density at radius 1 is 1.17 bits per heavy atom. The molecular weight excluding hydrogens is 464 g/mol. The molecule has 1 saturated heterocycles. The predicted molar refractivity (Wildman–Crippen MR) is 132 cm³/mol. The van der Waals surface area contributed by atoms with Crippen LogP contribution in [0.1, 0.15) is 23.6 Å². The fourth-order valence-electron chi connectivity index (χ4n) is 4.76. The number of urea groups is 1. The molecule has 1 aromatic heterocycles. The lowest BCUT2D eigenvalue weighted by Crippen LogP contribution is -2.50. The maximum atomic E-state index is 13.4. The highest BCUT2D eigenvalue weighted by atomic mass is 32.2. The summed E-state index contributed by atoms with van der Waals surface area (Å²) in [7, 11) is 0. The average molecular weight is 489 g/mol. The molecule has 3 atom stereocenters. The van der Waals surface area contributed by atoms with E-state index in [2.05, 4.69) is 15.6 Å². The third-order valence-corrected chi connectivity index (χ3v) is 7.72. The molecule has 0 spiro atoms. The fraction of sp³-hybridized carbons (Fsp3) is 0.269. The van der Waals surface area contributed by atoms with Crippen molar-refractivity contribution in [2.24, 2.45) is 0 Å². The minimum Gasteiger partial charge on any atom is -0.457 e. The van der Waals surface area contributed by atoms with Gasteiger partial charge in [-0.15, -0.1) is 0 Å². The molecule has 0 aliphatic carbocycles. The number of thioether (sulfide) groups is 1. The van der Waals surface area contributed by atoms with Gasteiger partial charge in [0.25, 0.3) is 0 Å². The van der Waals surface area contributed by atoms with E-state index in [1.807, 2.05) is 61.5 Å². The van der Waals surface area contributed by atoms with Crippen LogP contribution in [0.25, 0.3) is 0 Å². The number of carbonyl (C=O) groups is 2. The molecular formula is C26H24N4O4S. The molecule has 2 N–H and O–H groups in total. The number of pyridine rings is 1. The first-order valence-corrected chi connectivity index (χ1v) is 12.4. The molecule has 2 unspecified atom stereocenters. The number of nitrogens with zero attached hydrogens (tertiary/aromatic N) is 2. The van der Waals surface area contributed by atoms with Gasteiger partial charge in [0, 0.05) is 18.4 Å². The van der Waals surface area contributed by atoms with Crippen LogP contribution in [0.5, 0.6) is 11.5 Å². The number of hydrogen-bond acceptors (Lipinski definition) is 6. The van der Waals surface area contributed by atoms with Crippen LogP contribution >= 0.6 is 11.8 Å². The Morgan fingerprint density at radius 3 is 2.80 bits per heavy atom. The van der Waals surface area contributed by atoms with E-state index in [0.29, 0.717) is 19.0 Å². The molecule has 1 fully saturated rings. The maximum Gasteiger partial charge on any atom is 0.327 e.